The van der Waals surface area contributed by atoms with E-state index in [-0.39, 0.29) is 6.04 Å². The SMILES string of the molecule is CCNC(CCN1CCC(CC)C1)C(=O)O. The van der Waals surface area contributed by atoms with Gasteiger partial charge in [-0.15, -0.1) is 0 Å². The van der Waals surface area contributed by atoms with Crippen molar-refractivity contribution < 1.29 is 9.90 Å². The van der Waals surface area contributed by atoms with Crippen molar-refractivity contribution >= 4 is 5.97 Å². The molecule has 1 fully saturated rings. The van der Waals surface area contributed by atoms with Gasteiger partial charge < -0.3 is 15.3 Å². The van der Waals surface area contributed by atoms with Crippen LogP contribution in [0.5, 0.6) is 0 Å². The molecule has 0 amide bonds. The first-order valence-corrected chi connectivity index (χ1v) is 6.35. The summed E-state index contributed by atoms with van der Waals surface area (Å²) in [6.07, 6.45) is 3.22. The number of hydrogen-bond acceptors (Lipinski definition) is 3. The van der Waals surface area contributed by atoms with Gasteiger partial charge in [-0.3, -0.25) is 4.79 Å². The van der Waals surface area contributed by atoms with Crippen molar-refractivity contribution in [3.05, 3.63) is 0 Å². The second-order valence-corrected chi connectivity index (χ2v) is 4.60. The van der Waals surface area contributed by atoms with E-state index in [9.17, 15) is 4.79 Å². The largest absolute Gasteiger partial charge is 0.480 e. The Morgan fingerprint density at radius 1 is 1.56 bits per heavy atom. The first-order chi connectivity index (χ1) is 7.67. The number of hydrogen-bond donors (Lipinski definition) is 2. The van der Waals surface area contributed by atoms with Gasteiger partial charge in [0.2, 0.25) is 0 Å². The van der Waals surface area contributed by atoms with Gasteiger partial charge in [0.15, 0.2) is 0 Å². The van der Waals surface area contributed by atoms with Crippen molar-refractivity contribution in [2.75, 3.05) is 26.2 Å². The molecule has 0 aromatic carbocycles. The number of carboxylic acids is 1. The van der Waals surface area contributed by atoms with Gasteiger partial charge >= 0.3 is 5.97 Å². The van der Waals surface area contributed by atoms with Gasteiger partial charge in [-0.1, -0.05) is 20.3 Å². The van der Waals surface area contributed by atoms with E-state index in [0.717, 1.165) is 25.6 Å². The van der Waals surface area contributed by atoms with Crippen LogP contribution < -0.4 is 5.32 Å². The Morgan fingerprint density at radius 3 is 2.81 bits per heavy atom. The van der Waals surface area contributed by atoms with Crippen LogP contribution in [-0.2, 0) is 4.79 Å². The van der Waals surface area contributed by atoms with Crippen molar-refractivity contribution in [3.8, 4) is 0 Å². The Bertz CT molecular complexity index is 221. The fourth-order valence-electron chi connectivity index (χ4n) is 2.32. The number of nitrogens with zero attached hydrogens (tertiary/aromatic N) is 1. The summed E-state index contributed by atoms with van der Waals surface area (Å²) in [4.78, 5) is 13.3. The summed E-state index contributed by atoms with van der Waals surface area (Å²) in [6, 6.07) is -0.384. The molecule has 1 heterocycles. The molecule has 0 saturated carbocycles. The van der Waals surface area contributed by atoms with E-state index in [4.69, 9.17) is 5.11 Å². The highest BCUT2D eigenvalue weighted by Gasteiger charge is 2.23. The summed E-state index contributed by atoms with van der Waals surface area (Å²) in [5.41, 5.74) is 0. The number of nitrogens with one attached hydrogen (secondary N) is 1. The van der Waals surface area contributed by atoms with Crippen LogP contribution in [0.25, 0.3) is 0 Å². The van der Waals surface area contributed by atoms with Crippen LogP contribution >= 0.6 is 0 Å². The minimum atomic E-state index is -0.729. The molecule has 0 radical (unpaired) electrons. The lowest BCUT2D eigenvalue weighted by Gasteiger charge is -2.19. The molecule has 2 atom stereocenters. The van der Waals surface area contributed by atoms with Gasteiger partial charge in [0.25, 0.3) is 0 Å². The molecule has 1 rings (SSSR count). The Labute approximate surface area is 98.0 Å². The van der Waals surface area contributed by atoms with Crippen LogP contribution in [0.2, 0.25) is 0 Å². The summed E-state index contributed by atoms with van der Waals surface area (Å²) >= 11 is 0. The van der Waals surface area contributed by atoms with Crippen molar-refractivity contribution in [2.24, 2.45) is 5.92 Å². The third-order valence-corrected chi connectivity index (χ3v) is 3.43. The lowest BCUT2D eigenvalue weighted by molar-refractivity contribution is -0.139. The molecule has 0 aromatic heterocycles. The summed E-state index contributed by atoms with van der Waals surface area (Å²) in [5.74, 6) is 0.0931. The first-order valence-electron chi connectivity index (χ1n) is 6.35. The van der Waals surface area contributed by atoms with E-state index < -0.39 is 5.97 Å². The zero-order valence-corrected chi connectivity index (χ0v) is 10.4. The summed E-state index contributed by atoms with van der Waals surface area (Å²) in [5, 5.41) is 12.0. The van der Waals surface area contributed by atoms with Crippen molar-refractivity contribution in [1.82, 2.24) is 10.2 Å². The minimum Gasteiger partial charge on any atom is -0.480 e. The van der Waals surface area contributed by atoms with Crippen molar-refractivity contribution in [1.29, 1.82) is 0 Å². The van der Waals surface area contributed by atoms with Gasteiger partial charge in [0.1, 0.15) is 6.04 Å². The Balaban J connectivity index is 2.24. The van der Waals surface area contributed by atoms with E-state index in [0.29, 0.717) is 13.0 Å². The van der Waals surface area contributed by atoms with Crippen LogP contribution in [0.3, 0.4) is 0 Å². The lowest BCUT2D eigenvalue weighted by atomic mass is 10.1. The molecule has 0 bridgehead atoms. The third-order valence-electron chi connectivity index (χ3n) is 3.43. The normalized spacial score (nSPS) is 23.5. The maximum atomic E-state index is 10.9. The topological polar surface area (TPSA) is 52.6 Å². The van der Waals surface area contributed by atoms with Crippen molar-refractivity contribution in [2.45, 2.75) is 39.2 Å². The monoisotopic (exact) mass is 228 g/mol. The van der Waals surface area contributed by atoms with Crippen molar-refractivity contribution in [3.63, 3.8) is 0 Å². The molecule has 4 nitrogen and oxygen atoms in total. The highest BCUT2D eigenvalue weighted by molar-refractivity contribution is 5.73. The van der Waals surface area contributed by atoms with Gasteiger partial charge in [-0.2, -0.15) is 0 Å². The second kappa shape index (κ2) is 6.86. The fraction of sp³-hybridized carbons (Fsp3) is 0.917. The predicted octanol–water partition coefficient (Wildman–Crippen LogP) is 1.17. The molecule has 0 aromatic rings. The Kier molecular flexibility index (Phi) is 5.77. The average molecular weight is 228 g/mol. The number of carbonyl (C=O) groups is 1. The summed E-state index contributed by atoms with van der Waals surface area (Å²) in [7, 11) is 0. The van der Waals surface area contributed by atoms with Gasteiger partial charge in [0.05, 0.1) is 0 Å². The zero-order valence-electron chi connectivity index (χ0n) is 10.4. The maximum Gasteiger partial charge on any atom is 0.320 e. The number of aliphatic carboxylic acids is 1. The van der Waals surface area contributed by atoms with Crippen LogP contribution in [0.15, 0.2) is 0 Å². The molecule has 0 aliphatic carbocycles. The fourth-order valence-corrected chi connectivity index (χ4v) is 2.32. The standard InChI is InChI=1S/C12H24N2O2/c1-3-10-5-7-14(9-10)8-6-11(12(15)16)13-4-2/h10-11,13H,3-9H2,1-2H3,(H,15,16). The smallest absolute Gasteiger partial charge is 0.320 e. The van der Waals surface area contributed by atoms with Gasteiger partial charge in [-0.05, 0) is 31.8 Å². The average Bonchev–Trinajstić information content (AvgIpc) is 2.71. The third kappa shape index (κ3) is 4.10. The van der Waals surface area contributed by atoms with E-state index in [2.05, 4.69) is 17.1 Å². The second-order valence-electron chi connectivity index (χ2n) is 4.60. The molecule has 4 heteroatoms. The molecule has 16 heavy (non-hydrogen) atoms. The molecular weight excluding hydrogens is 204 g/mol. The number of rotatable bonds is 7. The zero-order chi connectivity index (χ0) is 12.0. The molecule has 1 saturated heterocycles. The molecule has 2 N–H and O–H groups in total. The highest BCUT2D eigenvalue weighted by Crippen LogP contribution is 2.19. The predicted molar refractivity (Wildman–Crippen MR) is 64.6 cm³/mol. The molecule has 0 spiro atoms. The first kappa shape index (κ1) is 13.5. The quantitative estimate of drug-likeness (QED) is 0.687. The van der Waals surface area contributed by atoms with Crippen LogP contribution in [0.4, 0.5) is 0 Å². The van der Waals surface area contributed by atoms with Crippen LogP contribution in [-0.4, -0.2) is 48.2 Å². The molecular formula is C12H24N2O2. The number of likely N-dealkylation sites (tertiary alicyclic amines) is 1. The van der Waals surface area contributed by atoms with E-state index >= 15 is 0 Å². The minimum absolute atomic E-state index is 0.384. The van der Waals surface area contributed by atoms with Crippen LogP contribution in [0, 0.1) is 5.92 Å². The molecule has 1 aliphatic heterocycles. The molecule has 2 unspecified atom stereocenters. The van der Waals surface area contributed by atoms with E-state index in [1.54, 1.807) is 0 Å². The number of likely N-dealkylation sites (N-methyl/N-ethyl adjacent to an activating group) is 1. The van der Waals surface area contributed by atoms with Gasteiger partial charge in [-0.25, -0.2) is 0 Å². The van der Waals surface area contributed by atoms with E-state index in [1.165, 1.54) is 12.8 Å². The molecule has 94 valence electrons. The molecule has 1 aliphatic rings. The number of carboxylic acid groups (broad SMARTS) is 1. The summed E-state index contributed by atoms with van der Waals surface area (Å²) in [6.45, 7) is 8.08. The van der Waals surface area contributed by atoms with E-state index in [1.807, 2.05) is 6.92 Å². The summed E-state index contributed by atoms with van der Waals surface area (Å²) < 4.78 is 0. The van der Waals surface area contributed by atoms with Gasteiger partial charge in [0, 0.05) is 13.1 Å². The highest BCUT2D eigenvalue weighted by atomic mass is 16.4. The van der Waals surface area contributed by atoms with Crippen LogP contribution in [0.1, 0.15) is 33.1 Å². The lowest BCUT2D eigenvalue weighted by Crippen LogP contribution is -2.39. The Morgan fingerprint density at radius 2 is 2.31 bits per heavy atom. The maximum absolute atomic E-state index is 10.9. The Hall–Kier alpha value is -0.610.